The molecule has 2 rings (SSSR count). The predicted octanol–water partition coefficient (Wildman–Crippen LogP) is 1.68. The Morgan fingerprint density at radius 1 is 1.45 bits per heavy atom. The first-order valence-electron chi connectivity index (χ1n) is 8.19. The molecule has 0 atom stereocenters. The SMILES string of the molecule is CCCN(CC(=O)NCCC1=CCCCC1)C1CNC1. The molecule has 0 aromatic carbocycles. The third kappa shape index (κ3) is 4.91. The highest BCUT2D eigenvalue weighted by Crippen LogP contribution is 2.19. The van der Waals surface area contributed by atoms with E-state index in [4.69, 9.17) is 0 Å². The average molecular weight is 279 g/mol. The van der Waals surface area contributed by atoms with E-state index in [1.165, 1.54) is 31.3 Å². The van der Waals surface area contributed by atoms with E-state index in [1.807, 2.05) is 0 Å². The van der Waals surface area contributed by atoms with Crippen molar-refractivity contribution in [3.05, 3.63) is 11.6 Å². The van der Waals surface area contributed by atoms with Gasteiger partial charge in [0, 0.05) is 25.7 Å². The van der Waals surface area contributed by atoms with Crippen molar-refractivity contribution in [1.82, 2.24) is 15.5 Å². The van der Waals surface area contributed by atoms with Crippen molar-refractivity contribution in [3.8, 4) is 0 Å². The van der Waals surface area contributed by atoms with Crippen LogP contribution >= 0.6 is 0 Å². The minimum atomic E-state index is 0.182. The Labute approximate surface area is 123 Å². The van der Waals surface area contributed by atoms with Crippen LogP contribution in [0, 0.1) is 0 Å². The summed E-state index contributed by atoms with van der Waals surface area (Å²) in [5, 5.41) is 6.36. The molecule has 0 saturated carbocycles. The fourth-order valence-corrected chi connectivity index (χ4v) is 2.94. The zero-order valence-electron chi connectivity index (χ0n) is 12.8. The largest absolute Gasteiger partial charge is 0.355 e. The van der Waals surface area contributed by atoms with Crippen molar-refractivity contribution in [2.45, 2.75) is 51.5 Å². The van der Waals surface area contributed by atoms with Crippen LogP contribution in [0.1, 0.15) is 45.4 Å². The molecular weight excluding hydrogens is 250 g/mol. The van der Waals surface area contributed by atoms with Crippen molar-refractivity contribution in [2.75, 3.05) is 32.7 Å². The monoisotopic (exact) mass is 279 g/mol. The summed E-state index contributed by atoms with van der Waals surface area (Å²) in [7, 11) is 0. The Balaban J connectivity index is 1.64. The summed E-state index contributed by atoms with van der Waals surface area (Å²) in [6, 6.07) is 0.557. The number of carbonyl (C=O) groups is 1. The van der Waals surface area contributed by atoms with Gasteiger partial charge in [0.25, 0.3) is 0 Å². The molecule has 1 aliphatic heterocycles. The van der Waals surface area contributed by atoms with Gasteiger partial charge in [0.2, 0.25) is 5.91 Å². The summed E-state index contributed by atoms with van der Waals surface area (Å²) in [6.45, 7) is 6.60. The molecule has 4 heteroatoms. The van der Waals surface area contributed by atoms with Crippen LogP contribution in [0.5, 0.6) is 0 Å². The molecule has 20 heavy (non-hydrogen) atoms. The van der Waals surface area contributed by atoms with Crippen LogP contribution in [-0.2, 0) is 4.79 Å². The third-order valence-electron chi connectivity index (χ3n) is 4.29. The molecule has 0 radical (unpaired) electrons. The van der Waals surface area contributed by atoms with E-state index in [9.17, 15) is 4.79 Å². The van der Waals surface area contributed by atoms with E-state index in [0.29, 0.717) is 12.6 Å². The van der Waals surface area contributed by atoms with E-state index < -0.39 is 0 Å². The van der Waals surface area contributed by atoms with Crippen LogP contribution in [0.25, 0.3) is 0 Å². The van der Waals surface area contributed by atoms with Crippen LogP contribution in [0.4, 0.5) is 0 Å². The van der Waals surface area contributed by atoms with Gasteiger partial charge in [-0.05, 0) is 45.1 Å². The van der Waals surface area contributed by atoms with Crippen LogP contribution < -0.4 is 10.6 Å². The summed E-state index contributed by atoms with van der Waals surface area (Å²) in [4.78, 5) is 14.3. The van der Waals surface area contributed by atoms with Gasteiger partial charge in [-0.1, -0.05) is 18.6 Å². The fraction of sp³-hybridized carbons (Fsp3) is 0.812. The van der Waals surface area contributed by atoms with Gasteiger partial charge in [0.15, 0.2) is 0 Å². The molecule has 114 valence electrons. The standard InChI is InChI=1S/C16H29N3O/c1-2-10-19(15-11-17-12-15)13-16(20)18-9-8-14-6-4-3-5-7-14/h6,15,17H,2-5,7-13H2,1H3,(H,18,20). The maximum atomic E-state index is 12.0. The Morgan fingerprint density at radius 3 is 2.90 bits per heavy atom. The molecule has 0 aromatic heterocycles. The van der Waals surface area contributed by atoms with Gasteiger partial charge in [-0.2, -0.15) is 0 Å². The first-order valence-corrected chi connectivity index (χ1v) is 8.19. The maximum Gasteiger partial charge on any atom is 0.234 e. The van der Waals surface area contributed by atoms with Gasteiger partial charge in [0.1, 0.15) is 0 Å². The first kappa shape index (κ1) is 15.5. The topological polar surface area (TPSA) is 44.4 Å². The second-order valence-corrected chi connectivity index (χ2v) is 5.99. The molecule has 0 bridgehead atoms. The van der Waals surface area contributed by atoms with Gasteiger partial charge in [0.05, 0.1) is 6.54 Å². The van der Waals surface area contributed by atoms with E-state index >= 15 is 0 Å². The molecule has 1 fully saturated rings. The second-order valence-electron chi connectivity index (χ2n) is 5.99. The predicted molar refractivity (Wildman–Crippen MR) is 82.7 cm³/mol. The van der Waals surface area contributed by atoms with Crippen LogP contribution in [0.3, 0.4) is 0 Å². The summed E-state index contributed by atoms with van der Waals surface area (Å²) < 4.78 is 0. The highest BCUT2D eigenvalue weighted by Gasteiger charge is 2.25. The van der Waals surface area contributed by atoms with Crippen molar-refractivity contribution < 1.29 is 4.79 Å². The number of amides is 1. The lowest BCUT2D eigenvalue weighted by Gasteiger charge is -2.37. The highest BCUT2D eigenvalue weighted by molar-refractivity contribution is 5.78. The lowest BCUT2D eigenvalue weighted by Crippen LogP contribution is -2.59. The summed E-state index contributed by atoms with van der Waals surface area (Å²) in [5.74, 6) is 0.182. The number of rotatable bonds is 8. The second kappa shape index (κ2) is 8.42. The molecule has 1 heterocycles. The zero-order valence-corrected chi connectivity index (χ0v) is 12.8. The highest BCUT2D eigenvalue weighted by atomic mass is 16.2. The van der Waals surface area contributed by atoms with Gasteiger partial charge >= 0.3 is 0 Å². The van der Waals surface area contributed by atoms with E-state index in [2.05, 4.69) is 28.5 Å². The maximum absolute atomic E-state index is 12.0. The molecule has 4 nitrogen and oxygen atoms in total. The van der Waals surface area contributed by atoms with E-state index in [-0.39, 0.29) is 5.91 Å². The smallest absolute Gasteiger partial charge is 0.234 e. The number of nitrogens with zero attached hydrogens (tertiary/aromatic N) is 1. The lowest BCUT2D eigenvalue weighted by molar-refractivity contribution is -0.123. The van der Waals surface area contributed by atoms with Crippen molar-refractivity contribution in [2.24, 2.45) is 0 Å². The molecule has 2 aliphatic rings. The molecular formula is C16H29N3O. The van der Waals surface area contributed by atoms with Crippen LogP contribution in [-0.4, -0.2) is 49.6 Å². The van der Waals surface area contributed by atoms with Gasteiger partial charge < -0.3 is 10.6 Å². The number of nitrogens with one attached hydrogen (secondary N) is 2. The summed E-state index contributed by atoms with van der Waals surface area (Å²) in [5.41, 5.74) is 1.53. The number of carbonyl (C=O) groups excluding carboxylic acids is 1. The zero-order chi connectivity index (χ0) is 14.2. The molecule has 1 amide bonds. The Hall–Kier alpha value is -0.870. The molecule has 0 aromatic rings. The Morgan fingerprint density at radius 2 is 2.30 bits per heavy atom. The molecule has 2 N–H and O–H groups in total. The van der Waals surface area contributed by atoms with Crippen molar-refractivity contribution in [1.29, 1.82) is 0 Å². The number of hydrogen-bond donors (Lipinski definition) is 2. The molecule has 1 saturated heterocycles. The van der Waals surface area contributed by atoms with Gasteiger partial charge in [-0.15, -0.1) is 0 Å². The lowest BCUT2D eigenvalue weighted by atomic mass is 9.97. The van der Waals surface area contributed by atoms with Crippen LogP contribution in [0.2, 0.25) is 0 Å². The Kier molecular flexibility index (Phi) is 6.54. The van der Waals surface area contributed by atoms with Gasteiger partial charge in [-0.3, -0.25) is 9.69 Å². The van der Waals surface area contributed by atoms with Crippen LogP contribution in [0.15, 0.2) is 11.6 Å². The third-order valence-corrected chi connectivity index (χ3v) is 4.29. The number of allylic oxidation sites excluding steroid dienone is 1. The first-order chi connectivity index (χ1) is 9.79. The van der Waals surface area contributed by atoms with Gasteiger partial charge in [-0.25, -0.2) is 0 Å². The summed E-state index contributed by atoms with van der Waals surface area (Å²) in [6.07, 6.45) is 9.60. The van der Waals surface area contributed by atoms with Crippen molar-refractivity contribution in [3.63, 3.8) is 0 Å². The summed E-state index contributed by atoms with van der Waals surface area (Å²) >= 11 is 0. The Bertz CT molecular complexity index is 337. The average Bonchev–Trinajstić information content (AvgIpc) is 2.38. The van der Waals surface area contributed by atoms with E-state index in [1.54, 1.807) is 0 Å². The minimum absolute atomic E-state index is 0.182. The van der Waals surface area contributed by atoms with E-state index in [0.717, 1.165) is 39.0 Å². The normalized spacial score (nSPS) is 19.6. The number of hydrogen-bond acceptors (Lipinski definition) is 3. The molecule has 0 unspecified atom stereocenters. The molecule has 1 aliphatic carbocycles. The quantitative estimate of drug-likeness (QED) is 0.664. The molecule has 0 spiro atoms. The minimum Gasteiger partial charge on any atom is -0.355 e. The fourth-order valence-electron chi connectivity index (χ4n) is 2.94. The van der Waals surface area contributed by atoms with Crippen molar-refractivity contribution >= 4 is 5.91 Å².